The third-order valence-electron chi connectivity index (χ3n) is 8.21. The van der Waals surface area contributed by atoms with E-state index >= 15 is 4.39 Å². The zero-order valence-electron chi connectivity index (χ0n) is 19.3. The first-order chi connectivity index (χ1) is 15.2. The van der Waals surface area contributed by atoms with E-state index < -0.39 is 0 Å². The van der Waals surface area contributed by atoms with E-state index in [1.807, 2.05) is 24.3 Å². The number of methoxy groups -OCH3 is 1. The van der Waals surface area contributed by atoms with E-state index in [0.717, 1.165) is 52.7 Å². The first kappa shape index (κ1) is 22.4. The number of rotatable bonds is 8. The fourth-order valence-corrected chi connectivity index (χ4v) is 6.13. The number of hydrogen-bond acceptors (Lipinski definition) is 1. The summed E-state index contributed by atoms with van der Waals surface area (Å²) in [4.78, 5) is 0. The van der Waals surface area contributed by atoms with Crippen LogP contribution in [0, 0.1) is 23.6 Å². The molecule has 0 heterocycles. The number of benzene rings is 2. The summed E-state index contributed by atoms with van der Waals surface area (Å²) in [7, 11) is 1.65. The normalized spacial score (nSPS) is 26.6. The topological polar surface area (TPSA) is 9.23 Å². The molecule has 2 aliphatic carbocycles. The minimum absolute atomic E-state index is 0.0168. The number of fused-ring (bicyclic) bond motifs is 1. The molecule has 2 heteroatoms. The van der Waals surface area contributed by atoms with E-state index in [9.17, 15) is 0 Å². The predicted octanol–water partition coefficient (Wildman–Crippen LogP) is 8.81. The second-order valence-corrected chi connectivity index (χ2v) is 10.1. The second-order valence-electron chi connectivity index (χ2n) is 10.1. The Morgan fingerprint density at radius 2 is 1.48 bits per heavy atom. The van der Waals surface area contributed by atoms with Gasteiger partial charge in [0.25, 0.3) is 0 Å². The molecule has 2 saturated carbocycles. The highest BCUT2D eigenvalue weighted by Crippen LogP contribution is 2.41. The first-order valence-corrected chi connectivity index (χ1v) is 12.5. The van der Waals surface area contributed by atoms with Gasteiger partial charge in [-0.3, -0.25) is 0 Å². The fraction of sp³-hybridized carbons (Fsp3) is 0.586. The van der Waals surface area contributed by atoms with Crippen LogP contribution in [-0.2, 0) is 0 Å². The van der Waals surface area contributed by atoms with Crippen molar-refractivity contribution in [2.45, 2.75) is 83.0 Å². The van der Waals surface area contributed by atoms with Gasteiger partial charge in [0, 0.05) is 5.39 Å². The molecule has 168 valence electrons. The van der Waals surface area contributed by atoms with Crippen molar-refractivity contribution < 1.29 is 9.13 Å². The summed E-state index contributed by atoms with van der Waals surface area (Å²) < 4.78 is 20.5. The number of halogens is 1. The molecular formula is C29H39FO. The van der Waals surface area contributed by atoms with E-state index in [4.69, 9.17) is 4.74 Å². The van der Waals surface area contributed by atoms with Crippen LogP contribution in [0.5, 0.6) is 5.75 Å². The van der Waals surface area contributed by atoms with Gasteiger partial charge in [-0.2, -0.15) is 0 Å². The van der Waals surface area contributed by atoms with Crippen molar-refractivity contribution in [2.75, 3.05) is 7.11 Å². The van der Waals surface area contributed by atoms with E-state index in [1.54, 1.807) is 7.11 Å². The maximum absolute atomic E-state index is 15.2. The van der Waals surface area contributed by atoms with Gasteiger partial charge in [-0.1, -0.05) is 56.7 Å². The van der Waals surface area contributed by atoms with Gasteiger partial charge in [-0.15, -0.1) is 6.58 Å². The molecular weight excluding hydrogens is 383 g/mol. The molecule has 2 aromatic rings. The average Bonchev–Trinajstić information content (AvgIpc) is 2.82. The maximum atomic E-state index is 15.2. The molecule has 2 fully saturated rings. The van der Waals surface area contributed by atoms with E-state index in [2.05, 4.69) is 18.7 Å². The zero-order valence-corrected chi connectivity index (χ0v) is 19.3. The SMILES string of the molecule is C=CCCC1CCC(CCC2CCC(c3ccc4cc(OC)ccc4c3F)CC2)CC1. The Morgan fingerprint density at radius 3 is 2.10 bits per heavy atom. The summed E-state index contributed by atoms with van der Waals surface area (Å²) in [6.07, 6.45) is 17.9. The number of hydrogen-bond donors (Lipinski definition) is 0. The van der Waals surface area contributed by atoms with Crippen molar-refractivity contribution in [2.24, 2.45) is 17.8 Å². The minimum atomic E-state index is -0.0168. The van der Waals surface area contributed by atoms with Gasteiger partial charge in [0.15, 0.2) is 0 Å². The molecule has 0 N–H and O–H groups in total. The molecule has 4 rings (SSSR count). The van der Waals surface area contributed by atoms with Crippen LogP contribution in [0.2, 0.25) is 0 Å². The monoisotopic (exact) mass is 422 g/mol. The summed E-state index contributed by atoms with van der Waals surface area (Å²) in [6, 6.07) is 9.73. The molecule has 0 amide bonds. The van der Waals surface area contributed by atoms with Gasteiger partial charge >= 0.3 is 0 Å². The van der Waals surface area contributed by atoms with Crippen LogP contribution >= 0.6 is 0 Å². The average molecular weight is 423 g/mol. The molecule has 0 unspecified atom stereocenters. The van der Waals surface area contributed by atoms with E-state index in [0.29, 0.717) is 5.92 Å². The van der Waals surface area contributed by atoms with Crippen molar-refractivity contribution in [3.05, 3.63) is 54.4 Å². The summed E-state index contributed by atoms with van der Waals surface area (Å²) >= 11 is 0. The van der Waals surface area contributed by atoms with Crippen LogP contribution < -0.4 is 4.74 Å². The van der Waals surface area contributed by atoms with Crippen LogP contribution in [0.25, 0.3) is 10.8 Å². The summed E-state index contributed by atoms with van der Waals surface area (Å²) in [6.45, 7) is 3.86. The minimum Gasteiger partial charge on any atom is -0.497 e. The molecule has 2 aromatic carbocycles. The lowest BCUT2D eigenvalue weighted by molar-refractivity contribution is 0.225. The quantitative estimate of drug-likeness (QED) is 0.386. The second kappa shape index (κ2) is 10.7. The van der Waals surface area contributed by atoms with Gasteiger partial charge in [0.05, 0.1) is 7.11 Å². The lowest BCUT2D eigenvalue weighted by Gasteiger charge is -2.32. The Kier molecular flexibility index (Phi) is 7.69. The third kappa shape index (κ3) is 5.51. The van der Waals surface area contributed by atoms with Crippen molar-refractivity contribution in [3.63, 3.8) is 0 Å². The lowest BCUT2D eigenvalue weighted by Crippen LogP contribution is -2.18. The highest BCUT2D eigenvalue weighted by atomic mass is 19.1. The smallest absolute Gasteiger partial charge is 0.134 e. The largest absolute Gasteiger partial charge is 0.497 e. The molecule has 1 nitrogen and oxygen atoms in total. The molecule has 0 bridgehead atoms. The Bertz CT molecular complexity index is 856. The van der Waals surface area contributed by atoms with Crippen LogP contribution in [0.3, 0.4) is 0 Å². The Hall–Kier alpha value is -1.83. The highest BCUT2D eigenvalue weighted by molar-refractivity contribution is 5.85. The molecule has 0 radical (unpaired) electrons. The number of allylic oxidation sites excluding steroid dienone is 1. The summed E-state index contributed by atoms with van der Waals surface area (Å²) in [5.74, 6) is 3.89. The molecule has 0 atom stereocenters. The molecule has 0 spiro atoms. The van der Waals surface area contributed by atoms with Crippen LogP contribution in [0.1, 0.15) is 88.5 Å². The lowest BCUT2D eigenvalue weighted by atomic mass is 9.73. The predicted molar refractivity (Wildman–Crippen MR) is 129 cm³/mol. The van der Waals surface area contributed by atoms with Crippen molar-refractivity contribution >= 4 is 10.8 Å². The highest BCUT2D eigenvalue weighted by Gasteiger charge is 2.27. The van der Waals surface area contributed by atoms with Crippen molar-refractivity contribution in [1.82, 2.24) is 0 Å². The molecule has 31 heavy (non-hydrogen) atoms. The van der Waals surface area contributed by atoms with Gasteiger partial charge in [-0.05, 0) is 91.3 Å². The van der Waals surface area contributed by atoms with Crippen molar-refractivity contribution in [1.29, 1.82) is 0 Å². The van der Waals surface area contributed by atoms with Gasteiger partial charge < -0.3 is 4.74 Å². The Balaban J connectivity index is 1.25. The van der Waals surface area contributed by atoms with E-state index in [-0.39, 0.29) is 5.82 Å². The molecule has 0 aliphatic heterocycles. The zero-order chi connectivity index (χ0) is 21.6. The molecule has 0 aromatic heterocycles. The van der Waals surface area contributed by atoms with Crippen LogP contribution in [0.15, 0.2) is 43.0 Å². The fourth-order valence-electron chi connectivity index (χ4n) is 6.13. The van der Waals surface area contributed by atoms with Gasteiger partial charge in [-0.25, -0.2) is 4.39 Å². The van der Waals surface area contributed by atoms with Crippen molar-refractivity contribution in [3.8, 4) is 5.75 Å². The molecule has 0 saturated heterocycles. The third-order valence-corrected chi connectivity index (χ3v) is 8.21. The Labute approximate surface area is 188 Å². The molecule has 2 aliphatic rings. The van der Waals surface area contributed by atoms with Gasteiger partial charge in [0.2, 0.25) is 0 Å². The van der Waals surface area contributed by atoms with Gasteiger partial charge in [0.1, 0.15) is 11.6 Å². The first-order valence-electron chi connectivity index (χ1n) is 12.5. The van der Waals surface area contributed by atoms with Crippen LogP contribution in [0.4, 0.5) is 4.39 Å². The Morgan fingerprint density at radius 1 is 0.871 bits per heavy atom. The maximum Gasteiger partial charge on any atom is 0.134 e. The van der Waals surface area contributed by atoms with E-state index in [1.165, 1.54) is 64.2 Å². The van der Waals surface area contributed by atoms with Crippen LogP contribution in [-0.4, -0.2) is 7.11 Å². The number of ether oxygens (including phenoxy) is 1. The standard InChI is InChI=1S/C29H39FO/c1-3-4-5-21-6-8-22(9-7-21)10-11-23-12-14-24(15-13-23)27-18-16-25-20-26(31-2)17-19-28(25)29(27)30/h3,16-24H,1,4-15H2,2H3. The summed E-state index contributed by atoms with van der Waals surface area (Å²) in [5, 5.41) is 1.65. The summed E-state index contributed by atoms with van der Waals surface area (Å²) in [5.41, 5.74) is 0.925.